The Kier molecular flexibility index (Phi) is 8.30. The number of carbonyl (C=O) groups excluding carboxylic acids is 2. The maximum atomic E-state index is 12.6. The average molecular weight is 574 g/mol. The molecule has 0 aromatic heterocycles. The molecule has 2 aliphatic heterocycles. The zero-order valence-corrected chi connectivity index (χ0v) is 26.6. The second-order valence-electron chi connectivity index (χ2n) is 15.7. The van der Waals surface area contributed by atoms with Crippen molar-refractivity contribution in [1.29, 1.82) is 0 Å². The molecule has 4 saturated carbocycles. The van der Waals surface area contributed by atoms with Crippen LogP contribution in [0.15, 0.2) is 0 Å². The van der Waals surface area contributed by atoms with Gasteiger partial charge < -0.3 is 18.7 Å². The molecule has 0 amide bonds. The fraction of sp³-hybridized carbons (Fsp3) is 0.941. The molecule has 6 aliphatic rings. The highest BCUT2D eigenvalue weighted by Gasteiger charge is 2.67. The van der Waals surface area contributed by atoms with Gasteiger partial charge in [0, 0.05) is 44.8 Å². The van der Waals surface area contributed by atoms with E-state index < -0.39 is 0 Å². The standard InChI is InChI=1S/C34H57N2O5/c1-23(37)40-31-20-25-10-11-26-27(34(25,4)22-29(31)35-14-18-39-19-15-35)12-13-33(3)28(26)21-30(32(33)41-24(2)38)36(5)16-8-6-7-9-17-36/h25-32H,6-22H2,1-5H3/q+1/t25-,26+,27-,28-,29-,30-,31-,32-,33-,34-/m0/s1. The smallest absolute Gasteiger partial charge is 0.303 e. The third-order valence-corrected chi connectivity index (χ3v) is 13.6. The van der Waals surface area contributed by atoms with E-state index in [-0.39, 0.29) is 41.0 Å². The number of hydrogen-bond acceptors (Lipinski definition) is 6. The second-order valence-corrected chi connectivity index (χ2v) is 15.7. The summed E-state index contributed by atoms with van der Waals surface area (Å²) in [4.78, 5) is 27.3. The lowest BCUT2D eigenvalue weighted by Gasteiger charge is -2.62. The van der Waals surface area contributed by atoms with Crippen LogP contribution in [0.3, 0.4) is 0 Å². The first-order chi connectivity index (χ1) is 19.5. The second kappa shape index (κ2) is 11.4. The Bertz CT molecular complexity index is 974. The largest absolute Gasteiger partial charge is 0.461 e. The van der Waals surface area contributed by atoms with Gasteiger partial charge in [0.15, 0.2) is 6.10 Å². The van der Waals surface area contributed by atoms with Crippen molar-refractivity contribution in [3.8, 4) is 0 Å². The molecule has 232 valence electrons. The van der Waals surface area contributed by atoms with Crippen LogP contribution in [0.25, 0.3) is 0 Å². The van der Waals surface area contributed by atoms with E-state index in [2.05, 4.69) is 25.8 Å². The zero-order chi connectivity index (χ0) is 29.0. The summed E-state index contributed by atoms with van der Waals surface area (Å²) in [5.41, 5.74) is 0.312. The van der Waals surface area contributed by atoms with Crippen LogP contribution in [-0.4, -0.2) is 92.1 Å². The van der Waals surface area contributed by atoms with Crippen molar-refractivity contribution in [2.45, 2.75) is 123 Å². The van der Waals surface area contributed by atoms with Gasteiger partial charge in [0.05, 0.1) is 33.4 Å². The number of quaternary nitrogens is 1. The highest BCUT2D eigenvalue weighted by Crippen LogP contribution is 2.67. The van der Waals surface area contributed by atoms with Crippen molar-refractivity contribution in [3.63, 3.8) is 0 Å². The van der Waals surface area contributed by atoms with Crippen LogP contribution in [0.5, 0.6) is 0 Å². The van der Waals surface area contributed by atoms with Crippen LogP contribution in [-0.2, 0) is 23.8 Å². The summed E-state index contributed by atoms with van der Waals surface area (Å²) >= 11 is 0. The van der Waals surface area contributed by atoms with Gasteiger partial charge in [-0.2, -0.15) is 0 Å². The predicted molar refractivity (Wildman–Crippen MR) is 158 cm³/mol. The summed E-state index contributed by atoms with van der Waals surface area (Å²) in [6, 6.07) is 0.694. The van der Waals surface area contributed by atoms with Crippen molar-refractivity contribution < 1.29 is 28.3 Å². The highest BCUT2D eigenvalue weighted by molar-refractivity contribution is 5.66. The van der Waals surface area contributed by atoms with Crippen molar-refractivity contribution >= 4 is 11.9 Å². The van der Waals surface area contributed by atoms with E-state index in [0.717, 1.165) is 50.0 Å². The van der Waals surface area contributed by atoms with Crippen molar-refractivity contribution in [1.82, 2.24) is 4.90 Å². The molecule has 2 heterocycles. The van der Waals surface area contributed by atoms with E-state index in [1.165, 1.54) is 64.5 Å². The van der Waals surface area contributed by atoms with Crippen molar-refractivity contribution in [3.05, 3.63) is 0 Å². The Labute approximate surface area is 248 Å². The molecule has 0 aromatic rings. The molecule has 4 aliphatic carbocycles. The number of ether oxygens (including phenoxy) is 3. The van der Waals surface area contributed by atoms with Crippen LogP contribution in [0, 0.1) is 34.5 Å². The molecular weight excluding hydrogens is 516 g/mol. The molecule has 6 rings (SSSR count). The number of rotatable bonds is 4. The van der Waals surface area contributed by atoms with Crippen LogP contribution >= 0.6 is 0 Å². The fourth-order valence-electron chi connectivity index (χ4n) is 11.6. The molecule has 0 unspecified atom stereocenters. The number of carbonyl (C=O) groups is 2. The van der Waals surface area contributed by atoms with Crippen LogP contribution < -0.4 is 0 Å². The van der Waals surface area contributed by atoms with Gasteiger partial charge in [-0.15, -0.1) is 0 Å². The van der Waals surface area contributed by atoms with Crippen molar-refractivity contribution in [2.75, 3.05) is 46.4 Å². The molecule has 2 saturated heterocycles. The van der Waals surface area contributed by atoms with Gasteiger partial charge >= 0.3 is 11.9 Å². The summed E-state index contributed by atoms with van der Waals surface area (Å²) in [6.45, 7) is 14.1. The van der Waals surface area contributed by atoms with Gasteiger partial charge in [0.1, 0.15) is 12.1 Å². The van der Waals surface area contributed by atoms with Gasteiger partial charge in [-0.05, 0) is 93.3 Å². The summed E-state index contributed by atoms with van der Waals surface area (Å²) in [7, 11) is 2.48. The lowest BCUT2D eigenvalue weighted by atomic mass is 9.44. The third kappa shape index (κ3) is 5.28. The average Bonchev–Trinajstić information content (AvgIpc) is 3.06. The van der Waals surface area contributed by atoms with E-state index in [1.807, 2.05) is 0 Å². The summed E-state index contributed by atoms with van der Waals surface area (Å²) in [6.07, 6.45) is 13.5. The minimum Gasteiger partial charge on any atom is -0.461 e. The Morgan fingerprint density at radius 2 is 1.54 bits per heavy atom. The van der Waals surface area contributed by atoms with E-state index in [1.54, 1.807) is 13.8 Å². The Morgan fingerprint density at radius 1 is 0.854 bits per heavy atom. The van der Waals surface area contributed by atoms with E-state index in [4.69, 9.17) is 14.2 Å². The molecule has 7 nitrogen and oxygen atoms in total. The molecule has 0 radical (unpaired) electrons. The topological polar surface area (TPSA) is 65.1 Å². The van der Waals surface area contributed by atoms with E-state index >= 15 is 0 Å². The van der Waals surface area contributed by atoms with Gasteiger partial charge in [0.25, 0.3) is 0 Å². The number of hydrogen-bond donors (Lipinski definition) is 0. The molecule has 0 spiro atoms. The van der Waals surface area contributed by atoms with Crippen LogP contribution in [0.4, 0.5) is 0 Å². The fourth-order valence-corrected chi connectivity index (χ4v) is 11.6. The quantitative estimate of drug-likeness (QED) is 0.340. The first-order valence-electron chi connectivity index (χ1n) is 17.1. The van der Waals surface area contributed by atoms with Gasteiger partial charge in [0.2, 0.25) is 0 Å². The molecule has 7 heteroatoms. The van der Waals surface area contributed by atoms with Crippen molar-refractivity contribution in [2.24, 2.45) is 34.5 Å². The Morgan fingerprint density at radius 3 is 2.20 bits per heavy atom. The molecule has 10 atom stereocenters. The number of likely N-dealkylation sites (tertiary alicyclic amines) is 1. The number of morpholine rings is 1. The number of nitrogens with zero attached hydrogens (tertiary/aromatic N) is 2. The normalized spacial score (nSPS) is 46.4. The minimum absolute atomic E-state index is 0.00854. The number of esters is 2. The van der Waals surface area contributed by atoms with Crippen LogP contribution in [0.2, 0.25) is 0 Å². The Hall–Kier alpha value is -1.18. The lowest BCUT2D eigenvalue weighted by molar-refractivity contribution is -0.935. The first kappa shape index (κ1) is 29.9. The number of likely N-dealkylation sites (N-methyl/N-ethyl adjacent to an activating group) is 1. The van der Waals surface area contributed by atoms with E-state index in [0.29, 0.717) is 29.7 Å². The monoisotopic (exact) mass is 573 g/mol. The molecule has 0 bridgehead atoms. The van der Waals surface area contributed by atoms with Gasteiger partial charge in [-0.1, -0.05) is 13.8 Å². The van der Waals surface area contributed by atoms with Gasteiger partial charge in [-0.3, -0.25) is 14.5 Å². The first-order valence-corrected chi connectivity index (χ1v) is 17.1. The summed E-state index contributed by atoms with van der Waals surface area (Å²) in [5.74, 6) is 2.35. The molecule has 41 heavy (non-hydrogen) atoms. The van der Waals surface area contributed by atoms with E-state index in [9.17, 15) is 9.59 Å². The maximum Gasteiger partial charge on any atom is 0.303 e. The third-order valence-electron chi connectivity index (χ3n) is 13.6. The number of fused-ring (bicyclic) bond motifs is 5. The lowest BCUT2D eigenvalue weighted by Crippen LogP contribution is -2.61. The van der Waals surface area contributed by atoms with Gasteiger partial charge in [-0.25, -0.2) is 0 Å². The summed E-state index contributed by atoms with van der Waals surface area (Å²) in [5, 5.41) is 0. The highest BCUT2D eigenvalue weighted by atomic mass is 16.5. The predicted octanol–water partition coefficient (Wildman–Crippen LogP) is 5.20. The molecule has 6 fully saturated rings. The Balaban J connectivity index is 1.29. The molecule has 0 aromatic carbocycles. The molecular formula is C34H57N2O5+. The maximum absolute atomic E-state index is 12.6. The van der Waals surface area contributed by atoms with Crippen LogP contribution in [0.1, 0.15) is 98.3 Å². The minimum atomic E-state index is -0.141. The summed E-state index contributed by atoms with van der Waals surface area (Å²) < 4.78 is 19.2. The molecule has 0 N–H and O–H groups in total. The zero-order valence-electron chi connectivity index (χ0n) is 26.6. The SMILES string of the molecule is CC(=O)O[C@H]1C[C@@H]2CC[C@@H]3[C@H](CC[C@@]4(C)[C@H]3C[C@H]([N+]3(C)CCCCCC3)[C@@H]4OC(C)=O)[C@@]2(C)C[C@@H]1N1CCOCC1.